The standard InChI is InChI=1S/C59H44N4/c1-3-12-39(13-4-1)56-60-57(40-14-5-2-6-15-40)62-58(61-56)41-19-24-46(25-20-41)63-53-27-23-43(35-50(53)55-47-16-8-7-11-38(47)22-28-54(55)63)42-21-26-52-49(34-42)48-17-9-10-18-51(48)59(52)44-30-36-29-37(32-44)33-45(59)31-36/h1-28,34-37,44-45H,29-33H2. The van der Waals surface area contributed by atoms with Crippen molar-refractivity contribution < 1.29 is 0 Å². The second kappa shape index (κ2) is 13.4. The van der Waals surface area contributed by atoms with Crippen molar-refractivity contribution in [1.82, 2.24) is 19.5 Å². The molecule has 2 heterocycles. The van der Waals surface area contributed by atoms with E-state index in [1.165, 1.54) is 86.9 Å². The van der Waals surface area contributed by atoms with Crippen LogP contribution in [0.15, 0.2) is 182 Å². The molecule has 2 aromatic heterocycles. The molecule has 4 fully saturated rings. The Labute approximate surface area is 367 Å². The Morgan fingerprint density at radius 2 is 0.937 bits per heavy atom. The van der Waals surface area contributed by atoms with Gasteiger partial charge >= 0.3 is 0 Å². The summed E-state index contributed by atoms with van der Waals surface area (Å²) in [5.41, 5.74) is 15.2. The molecule has 0 unspecified atom stereocenters. The number of aromatic nitrogens is 4. The van der Waals surface area contributed by atoms with Crippen LogP contribution in [-0.4, -0.2) is 19.5 Å². The molecule has 4 heteroatoms. The zero-order valence-electron chi connectivity index (χ0n) is 35.0. The van der Waals surface area contributed by atoms with Gasteiger partial charge in [-0.3, -0.25) is 0 Å². The average molecular weight is 809 g/mol. The fourth-order valence-electron chi connectivity index (χ4n) is 13.3. The Hall–Kier alpha value is -7.17. The van der Waals surface area contributed by atoms with Gasteiger partial charge < -0.3 is 4.57 Å². The van der Waals surface area contributed by atoms with Crippen LogP contribution in [0.3, 0.4) is 0 Å². The van der Waals surface area contributed by atoms with Gasteiger partial charge in [0.05, 0.1) is 11.0 Å². The Bertz CT molecular complexity index is 3370. The van der Waals surface area contributed by atoms with Gasteiger partial charge in [0.2, 0.25) is 0 Å². The molecule has 5 aliphatic carbocycles. The van der Waals surface area contributed by atoms with E-state index in [9.17, 15) is 0 Å². The summed E-state index contributed by atoms with van der Waals surface area (Å²) < 4.78 is 2.43. The van der Waals surface area contributed by atoms with Crippen LogP contribution in [0, 0.1) is 23.7 Å². The van der Waals surface area contributed by atoms with Crippen molar-refractivity contribution in [1.29, 1.82) is 0 Å². The molecule has 0 radical (unpaired) electrons. The highest BCUT2D eigenvalue weighted by Crippen LogP contribution is 2.69. The number of hydrogen-bond acceptors (Lipinski definition) is 3. The first kappa shape index (κ1) is 35.4. The largest absolute Gasteiger partial charge is 0.309 e. The zero-order chi connectivity index (χ0) is 41.2. The fraction of sp³-hybridized carbons (Fsp3) is 0.169. The minimum atomic E-state index is 0.182. The number of hydrogen-bond donors (Lipinski definition) is 0. The topological polar surface area (TPSA) is 43.6 Å². The van der Waals surface area contributed by atoms with Crippen LogP contribution in [0.2, 0.25) is 0 Å². The quantitative estimate of drug-likeness (QED) is 0.174. The molecule has 4 bridgehead atoms. The van der Waals surface area contributed by atoms with E-state index < -0.39 is 0 Å². The second-order valence-electron chi connectivity index (χ2n) is 18.8. The highest BCUT2D eigenvalue weighted by Gasteiger charge is 2.61. The van der Waals surface area contributed by atoms with E-state index in [1.54, 1.807) is 11.1 Å². The maximum absolute atomic E-state index is 5.01. The first-order valence-electron chi connectivity index (χ1n) is 22.9. The number of fused-ring (bicyclic) bond motifs is 8. The summed E-state index contributed by atoms with van der Waals surface area (Å²) in [6, 6.07) is 66.6. The van der Waals surface area contributed by atoms with Gasteiger partial charge in [-0.2, -0.15) is 0 Å². The van der Waals surface area contributed by atoms with E-state index in [1.807, 2.05) is 36.4 Å². The van der Waals surface area contributed by atoms with Crippen LogP contribution < -0.4 is 0 Å². The second-order valence-corrected chi connectivity index (χ2v) is 18.8. The maximum Gasteiger partial charge on any atom is 0.164 e. The normalized spacial score (nSPS) is 21.7. The third-order valence-electron chi connectivity index (χ3n) is 15.6. The van der Waals surface area contributed by atoms with Gasteiger partial charge in [0.25, 0.3) is 0 Å². The van der Waals surface area contributed by atoms with Crippen molar-refractivity contribution in [2.24, 2.45) is 23.7 Å². The lowest BCUT2D eigenvalue weighted by Gasteiger charge is -2.61. The average Bonchev–Trinajstić information content (AvgIpc) is 3.84. The molecular formula is C59H44N4. The SMILES string of the molecule is c1ccc(-c2nc(-c3ccccc3)nc(-c3ccc(-n4c5ccc(-c6ccc7c(c6)-c6ccccc6C76C7CC8CC(C7)CC6C8)cc5c5c6ccccc6ccc54)cc3)n2)cc1. The molecule has 0 aliphatic heterocycles. The van der Waals surface area contributed by atoms with Gasteiger partial charge in [0.1, 0.15) is 0 Å². The fourth-order valence-corrected chi connectivity index (χ4v) is 13.3. The van der Waals surface area contributed by atoms with Gasteiger partial charge in [0.15, 0.2) is 17.5 Å². The molecule has 8 aromatic carbocycles. The molecule has 0 amide bonds. The minimum Gasteiger partial charge on any atom is -0.309 e. The summed E-state index contributed by atoms with van der Waals surface area (Å²) in [5, 5.41) is 5.06. The molecule has 0 atom stereocenters. The monoisotopic (exact) mass is 808 g/mol. The van der Waals surface area contributed by atoms with Crippen molar-refractivity contribution in [2.75, 3.05) is 0 Å². The summed E-state index contributed by atoms with van der Waals surface area (Å²) in [7, 11) is 0. The van der Waals surface area contributed by atoms with Crippen molar-refractivity contribution in [3.8, 4) is 62.1 Å². The first-order valence-corrected chi connectivity index (χ1v) is 22.9. The molecule has 0 N–H and O–H groups in total. The predicted octanol–water partition coefficient (Wildman–Crippen LogP) is 14.5. The van der Waals surface area contributed by atoms with Crippen molar-refractivity contribution >= 4 is 32.6 Å². The highest BCUT2D eigenvalue weighted by molar-refractivity contribution is 6.22. The van der Waals surface area contributed by atoms with E-state index >= 15 is 0 Å². The summed E-state index contributed by atoms with van der Waals surface area (Å²) in [5.74, 6) is 5.38. The lowest BCUT2D eigenvalue weighted by atomic mass is 9.43. The molecule has 4 saturated carbocycles. The van der Waals surface area contributed by atoms with Crippen molar-refractivity contribution in [2.45, 2.75) is 37.5 Å². The number of nitrogens with zero attached hydrogens (tertiary/aromatic N) is 4. The van der Waals surface area contributed by atoms with Crippen LogP contribution >= 0.6 is 0 Å². The Balaban J connectivity index is 0.901. The van der Waals surface area contributed by atoms with E-state index in [-0.39, 0.29) is 5.41 Å². The molecule has 10 aromatic rings. The van der Waals surface area contributed by atoms with E-state index in [2.05, 4.69) is 150 Å². The molecule has 15 rings (SSSR count). The summed E-state index contributed by atoms with van der Waals surface area (Å²) in [6.07, 6.45) is 7.09. The van der Waals surface area contributed by atoms with Gasteiger partial charge in [0, 0.05) is 38.6 Å². The molecular weight excluding hydrogens is 765 g/mol. The van der Waals surface area contributed by atoms with Gasteiger partial charge in [-0.25, -0.2) is 15.0 Å². The Morgan fingerprint density at radius 3 is 1.63 bits per heavy atom. The lowest BCUT2D eigenvalue weighted by Crippen LogP contribution is -2.55. The van der Waals surface area contributed by atoms with Crippen LogP contribution in [0.5, 0.6) is 0 Å². The summed E-state index contributed by atoms with van der Waals surface area (Å²) in [4.78, 5) is 14.9. The number of rotatable bonds is 5. The zero-order valence-corrected chi connectivity index (χ0v) is 35.0. The smallest absolute Gasteiger partial charge is 0.164 e. The van der Waals surface area contributed by atoms with Crippen molar-refractivity contribution in [3.63, 3.8) is 0 Å². The first-order chi connectivity index (χ1) is 31.2. The lowest BCUT2D eigenvalue weighted by molar-refractivity contribution is -0.0399. The van der Waals surface area contributed by atoms with Crippen LogP contribution in [-0.2, 0) is 5.41 Å². The minimum absolute atomic E-state index is 0.182. The molecule has 300 valence electrons. The number of benzene rings is 8. The molecule has 0 saturated heterocycles. The van der Waals surface area contributed by atoms with E-state index in [4.69, 9.17) is 15.0 Å². The van der Waals surface area contributed by atoms with Gasteiger partial charge in [-0.1, -0.05) is 133 Å². The predicted molar refractivity (Wildman–Crippen MR) is 257 cm³/mol. The van der Waals surface area contributed by atoms with E-state index in [0.29, 0.717) is 17.5 Å². The van der Waals surface area contributed by atoms with Gasteiger partial charge in [-0.05, 0) is 148 Å². The molecule has 4 nitrogen and oxygen atoms in total. The Morgan fingerprint density at radius 1 is 0.397 bits per heavy atom. The summed E-state index contributed by atoms with van der Waals surface area (Å²) in [6.45, 7) is 0. The van der Waals surface area contributed by atoms with Crippen LogP contribution in [0.25, 0.3) is 94.7 Å². The van der Waals surface area contributed by atoms with Crippen LogP contribution in [0.4, 0.5) is 0 Å². The molecule has 63 heavy (non-hydrogen) atoms. The molecule has 1 spiro atoms. The van der Waals surface area contributed by atoms with Crippen LogP contribution in [0.1, 0.15) is 43.2 Å². The molecule has 5 aliphatic rings. The highest BCUT2D eigenvalue weighted by atomic mass is 15.0. The summed E-state index contributed by atoms with van der Waals surface area (Å²) >= 11 is 0. The van der Waals surface area contributed by atoms with Crippen molar-refractivity contribution in [3.05, 3.63) is 193 Å². The third kappa shape index (κ3) is 5.18. The third-order valence-corrected chi connectivity index (χ3v) is 15.6. The maximum atomic E-state index is 5.01. The Kier molecular flexibility index (Phi) is 7.54. The van der Waals surface area contributed by atoms with E-state index in [0.717, 1.165) is 46.0 Å². The van der Waals surface area contributed by atoms with Gasteiger partial charge in [-0.15, -0.1) is 0 Å².